The van der Waals surface area contributed by atoms with Gasteiger partial charge >= 0.3 is 0 Å². The number of pyridine rings is 2. The molecule has 34 heavy (non-hydrogen) atoms. The molecule has 0 bridgehead atoms. The minimum Gasteiger partial charge on any atom is -0.379 e. The maximum atomic E-state index is 13.1. The van der Waals surface area contributed by atoms with Gasteiger partial charge in [0.2, 0.25) is 0 Å². The van der Waals surface area contributed by atoms with Crippen molar-refractivity contribution in [2.75, 3.05) is 24.8 Å². The summed E-state index contributed by atoms with van der Waals surface area (Å²) < 4.78 is 8.30. The van der Waals surface area contributed by atoms with Gasteiger partial charge in [-0.3, -0.25) is 19.1 Å². The molecule has 5 rings (SSSR count). The summed E-state index contributed by atoms with van der Waals surface area (Å²) in [6.07, 6.45) is 5.62. The SMILES string of the molecule is CNc1cc(Nc2cccn(-c3ccc(C)nc3)c2=O)nc2c(C(=O)NC3C[C@@H]3OC)cnn12. The van der Waals surface area contributed by atoms with Crippen LogP contribution in [0.15, 0.2) is 53.7 Å². The summed E-state index contributed by atoms with van der Waals surface area (Å²) in [6, 6.07) is 8.82. The molecule has 1 aliphatic rings. The van der Waals surface area contributed by atoms with Crippen molar-refractivity contribution in [1.82, 2.24) is 29.5 Å². The Labute approximate surface area is 194 Å². The van der Waals surface area contributed by atoms with Gasteiger partial charge in [0, 0.05) is 32.1 Å². The molecule has 0 spiro atoms. The molecule has 4 aromatic rings. The number of nitrogens with one attached hydrogen (secondary N) is 3. The predicted octanol–water partition coefficient (Wildman–Crippen LogP) is 1.89. The van der Waals surface area contributed by atoms with Crippen LogP contribution in [0.5, 0.6) is 0 Å². The Kier molecular flexibility index (Phi) is 5.46. The summed E-state index contributed by atoms with van der Waals surface area (Å²) >= 11 is 0. The van der Waals surface area contributed by atoms with E-state index in [-0.39, 0.29) is 23.6 Å². The predicted molar refractivity (Wildman–Crippen MR) is 127 cm³/mol. The van der Waals surface area contributed by atoms with E-state index >= 15 is 0 Å². The molecular weight excluding hydrogens is 436 g/mol. The molecule has 11 nitrogen and oxygen atoms in total. The number of methoxy groups -OCH3 is 1. The second-order valence-electron chi connectivity index (χ2n) is 8.04. The third-order valence-electron chi connectivity index (χ3n) is 5.71. The molecule has 11 heteroatoms. The van der Waals surface area contributed by atoms with Crippen molar-refractivity contribution in [1.29, 1.82) is 0 Å². The molecule has 1 saturated carbocycles. The first kappa shape index (κ1) is 21.6. The second-order valence-corrected chi connectivity index (χ2v) is 8.04. The zero-order valence-corrected chi connectivity index (χ0v) is 18.9. The van der Waals surface area contributed by atoms with Crippen molar-refractivity contribution < 1.29 is 9.53 Å². The first-order valence-corrected chi connectivity index (χ1v) is 10.8. The van der Waals surface area contributed by atoms with E-state index in [1.54, 1.807) is 49.3 Å². The molecule has 0 aliphatic heterocycles. The number of aromatic nitrogens is 5. The van der Waals surface area contributed by atoms with Gasteiger partial charge in [0.1, 0.15) is 22.9 Å². The summed E-state index contributed by atoms with van der Waals surface area (Å²) in [7, 11) is 3.37. The topological polar surface area (TPSA) is 127 Å². The molecule has 0 aromatic carbocycles. The van der Waals surface area contributed by atoms with Crippen molar-refractivity contribution in [3.8, 4) is 5.69 Å². The van der Waals surface area contributed by atoms with Gasteiger partial charge in [0.25, 0.3) is 11.5 Å². The number of fused-ring (bicyclic) bond motifs is 1. The van der Waals surface area contributed by atoms with Crippen LogP contribution in [0.3, 0.4) is 0 Å². The largest absolute Gasteiger partial charge is 0.379 e. The van der Waals surface area contributed by atoms with E-state index in [1.165, 1.54) is 10.8 Å². The highest BCUT2D eigenvalue weighted by molar-refractivity contribution is 6.00. The van der Waals surface area contributed by atoms with Crippen molar-refractivity contribution in [3.63, 3.8) is 0 Å². The van der Waals surface area contributed by atoms with Crippen LogP contribution in [-0.2, 0) is 4.74 Å². The fourth-order valence-corrected chi connectivity index (χ4v) is 3.73. The Morgan fingerprint density at radius 1 is 1.24 bits per heavy atom. The molecule has 0 saturated heterocycles. The van der Waals surface area contributed by atoms with Gasteiger partial charge in [-0.05, 0) is 37.6 Å². The van der Waals surface area contributed by atoms with Crippen LogP contribution in [0, 0.1) is 6.92 Å². The molecule has 0 radical (unpaired) electrons. The van der Waals surface area contributed by atoms with Gasteiger partial charge in [0.05, 0.1) is 30.2 Å². The molecule has 1 aliphatic carbocycles. The Morgan fingerprint density at radius 3 is 2.79 bits per heavy atom. The number of amides is 1. The van der Waals surface area contributed by atoms with E-state index in [1.807, 2.05) is 19.1 Å². The summed E-state index contributed by atoms with van der Waals surface area (Å²) in [5.74, 6) is 0.719. The van der Waals surface area contributed by atoms with Gasteiger partial charge in [-0.25, -0.2) is 4.98 Å². The van der Waals surface area contributed by atoms with Crippen LogP contribution >= 0.6 is 0 Å². The zero-order chi connectivity index (χ0) is 23.8. The number of ether oxygens (including phenoxy) is 1. The van der Waals surface area contributed by atoms with Crippen LogP contribution in [0.4, 0.5) is 17.3 Å². The third kappa shape index (κ3) is 3.97. The smallest absolute Gasteiger partial charge is 0.278 e. The Morgan fingerprint density at radius 2 is 2.09 bits per heavy atom. The molecular formula is C23H24N8O3. The van der Waals surface area contributed by atoms with E-state index in [2.05, 4.69) is 31.0 Å². The summed E-state index contributed by atoms with van der Waals surface area (Å²) in [4.78, 5) is 34.8. The molecule has 1 amide bonds. The second kappa shape index (κ2) is 8.60. The fourth-order valence-electron chi connectivity index (χ4n) is 3.73. The first-order chi connectivity index (χ1) is 16.5. The fraction of sp³-hybridized carbons (Fsp3) is 0.261. The van der Waals surface area contributed by atoms with E-state index in [9.17, 15) is 9.59 Å². The molecule has 174 valence electrons. The first-order valence-electron chi connectivity index (χ1n) is 10.8. The number of hydrogen-bond acceptors (Lipinski definition) is 8. The molecule has 2 atom stereocenters. The Hall–Kier alpha value is -4.25. The van der Waals surface area contributed by atoms with Crippen molar-refractivity contribution >= 4 is 28.9 Å². The van der Waals surface area contributed by atoms with Gasteiger partial charge < -0.3 is 20.7 Å². The number of carbonyl (C=O) groups excluding carboxylic acids is 1. The number of nitrogens with zero attached hydrogens (tertiary/aromatic N) is 5. The minimum atomic E-state index is -0.278. The summed E-state index contributed by atoms with van der Waals surface area (Å²) in [5.41, 5.74) is 2.28. The monoisotopic (exact) mass is 460 g/mol. The molecule has 4 aromatic heterocycles. The average Bonchev–Trinajstić information content (AvgIpc) is 3.45. The van der Waals surface area contributed by atoms with Gasteiger partial charge in [-0.1, -0.05) is 0 Å². The van der Waals surface area contributed by atoms with Crippen molar-refractivity contribution in [2.45, 2.75) is 25.5 Å². The third-order valence-corrected chi connectivity index (χ3v) is 5.71. The standard InChI is InChI=1S/C23H24N8O3/c1-13-6-7-14(11-25-13)30-8-4-5-16(23(30)33)27-19-10-20(24-2)31-21(29-19)15(12-26-31)22(32)28-17-9-18(17)34-3/h4-8,10-12,17-18,24H,9H2,1-3H3,(H,27,29)(H,28,32)/t17?,18-/m0/s1. The lowest BCUT2D eigenvalue weighted by Crippen LogP contribution is -2.28. The van der Waals surface area contributed by atoms with Crippen LogP contribution in [0.2, 0.25) is 0 Å². The maximum Gasteiger partial charge on any atom is 0.278 e. The van der Waals surface area contributed by atoms with E-state index in [4.69, 9.17) is 4.74 Å². The Bertz CT molecular complexity index is 1430. The maximum absolute atomic E-state index is 13.1. The molecule has 1 unspecified atom stereocenters. The number of carbonyl (C=O) groups is 1. The van der Waals surface area contributed by atoms with E-state index < -0.39 is 0 Å². The van der Waals surface area contributed by atoms with Gasteiger partial charge in [-0.15, -0.1) is 0 Å². The molecule has 4 heterocycles. The van der Waals surface area contributed by atoms with E-state index in [0.29, 0.717) is 34.2 Å². The normalized spacial score (nSPS) is 16.9. The zero-order valence-electron chi connectivity index (χ0n) is 18.9. The van der Waals surface area contributed by atoms with Gasteiger partial charge in [-0.2, -0.15) is 9.61 Å². The average molecular weight is 460 g/mol. The number of aryl methyl sites for hydroxylation is 1. The van der Waals surface area contributed by atoms with Crippen LogP contribution in [-0.4, -0.2) is 56.4 Å². The lowest BCUT2D eigenvalue weighted by Gasteiger charge is -2.12. The lowest BCUT2D eigenvalue weighted by molar-refractivity contribution is 0.0936. The quantitative estimate of drug-likeness (QED) is 0.382. The summed E-state index contributed by atoms with van der Waals surface area (Å²) in [5, 5.41) is 13.4. The highest BCUT2D eigenvalue weighted by atomic mass is 16.5. The van der Waals surface area contributed by atoms with Gasteiger partial charge in [0.15, 0.2) is 5.65 Å². The highest BCUT2D eigenvalue weighted by Crippen LogP contribution is 2.26. The van der Waals surface area contributed by atoms with E-state index in [0.717, 1.165) is 12.1 Å². The van der Waals surface area contributed by atoms with Crippen LogP contribution in [0.1, 0.15) is 22.5 Å². The summed E-state index contributed by atoms with van der Waals surface area (Å²) in [6.45, 7) is 1.89. The highest BCUT2D eigenvalue weighted by Gasteiger charge is 2.39. The molecule has 1 fully saturated rings. The minimum absolute atomic E-state index is 0.0171. The number of hydrogen-bond donors (Lipinski definition) is 3. The van der Waals surface area contributed by atoms with Crippen molar-refractivity contribution in [2.24, 2.45) is 0 Å². The molecule has 3 N–H and O–H groups in total. The van der Waals surface area contributed by atoms with Crippen LogP contribution < -0.4 is 21.5 Å². The van der Waals surface area contributed by atoms with Crippen molar-refractivity contribution in [3.05, 3.63) is 70.5 Å². The number of rotatable bonds is 7. The Balaban J connectivity index is 1.48. The lowest BCUT2D eigenvalue weighted by atomic mass is 10.3. The van der Waals surface area contributed by atoms with Crippen LogP contribution in [0.25, 0.3) is 11.3 Å². The number of anilines is 3.